The lowest BCUT2D eigenvalue weighted by atomic mass is 10.2. The summed E-state index contributed by atoms with van der Waals surface area (Å²) in [6.07, 6.45) is -5.63. The average Bonchev–Trinajstić information content (AvgIpc) is 2.36. The van der Waals surface area contributed by atoms with Crippen molar-refractivity contribution in [3.05, 3.63) is 24.3 Å². The molecule has 1 aromatic rings. The van der Waals surface area contributed by atoms with E-state index in [-0.39, 0.29) is 12.1 Å². The molecule has 1 aromatic carbocycles. The lowest BCUT2D eigenvalue weighted by Crippen LogP contribution is -2.17. The maximum Gasteiger partial charge on any atom is 0.573 e. The van der Waals surface area contributed by atoms with E-state index in [2.05, 4.69) is 15.3 Å². The smallest absolute Gasteiger partial charge is 0.481 e. The van der Waals surface area contributed by atoms with E-state index in [1.54, 1.807) is 0 Å². The molecular formula is C12H11F3N2O5. The lowest BCUT2D eigenvalue weighted by molar-refractivity contribution is -0.274. The lowest BCUT2D eigenvalue weighted by Gasteiger charge is -2.10. The number of hydrazone groups is 1. The first kappa shape index (κ1) is 17.3. The number of alkyl halides is 3. The quantitative estimate of drug-likeness (QED) is 0.525. The number of ether oxygens (including phenoxy) is 1. The number of halogens is 3. The second kappa shape index (κ2) is 7.29. The number of hydrogen-bond acceptors (Lipinski definition) is 5. The van der Waals surface area contributed by atoms with Crippen molar-refractivity contribution in [3.63, 3.8) is 0 Å². The molecule has 3 N–H and O–H groups in total. The van der Waals surface area contributed by atoms with Crippen LogP contribution in [0.25, 0.3) is 0 Å². The van der Waals surface area contributed by atoms with E-state index in [0.29, 0.717) is 0 Å². The highest BCUT2D eigenvalue weighted by Crippen LogP contribution is 2.25. The minimum Gasteiger partial charge on any atom is -0.481 e. The van der Waals surface area contributed by atoms with E-state index in [0.717, 1.165) is 12.1 Å². The zero-order valence-corrected chi connectivity index (χ0v) is 10.9. The van der Waals surface area contributed by atoms with E-state index < -0.39 is 36.2 Å². The van der Waals surface area contributed by atoms with Crippen LogP contribution < -0.4 is 10.2 Å². The Morgan fingerprint density at radius 3 is 2.45 bits per heavy atom. The third-order valence-electron chi connectivity index (χ3n) is 2.21. The molecule has 22 heavy (non-hydrogen) atoms. The standard InChI is InChI=1S/C12H11F3N2O5/c13-12(14,15)22-8-3-1-2-7(6-8)16-17-9(11(20)21)4-5-10(18)19/h1-3,6,16H,4-5H2,(H,18,19)(H,20,21)/b17-9+. The SMILES string of the molecule is O=C(O)CC/C(=N\Nc1cccc(OC(F)(F)F)c1)C(=O)O. The topological polar surface area (TPSA) is 108 Å². The fourth-order valence-corrected chi connectivity index (χ4v) is 1.33. The van der Waals surface area contributed by atoms with E-state index in [9.17, 15) is 22.8 Å². The second-order valence-corrected chi connectivity index (χ2v) is 3.94. The number of hydrogen-bond donors (Lipinski definition) is 3. The van der Waals surface area contributed by atoms with Crippen LogP contribution in [0.15, 0.2) is 29.4 Å². The Hall–Kier alpha value is -2.78. The molecule has 0 aliphatic rings. The molecule has 0 aromatic heterocycles. The van der Waals surface area contributed by atoms with Gasteiger partial charge in [-0.3, -0.25) is 10.2 Å². The van der Waals surface area contributed by atoms with Crippen molar-refractivity contribution >= 4 is 23.3 Å². The second-order valence-electron chi connectivity index (χ2n) is 3.94. The highest BCUT2D eigenvalue weighted by Gasteiger charge is 2.31. The zero-order chi connectivity index (χ0) is 16.8. The van der Waals surface area contributed by atoms with Crippen molar-refractivity contribution in [2.24, 2.45) is 5.10 Å². The summed E-state index contributed by atoms with van der Waals surface area (Å²) in [6, 6.07) is 4.61. The molecule has 7 nitrogen and oxygen atoms in total. The van der Waals surface area contributed by atoms with Crippen LogP contribution in [0.3, 0.4) is 0 Å². The summed E-state index contributed by atoms with van der Waals surface area (Å²) in [7, 11) is 0. The summed E-state index contributed by atoms with van der Waals surface area (Å²) < 4.78 is 39.9. The van der Waals surface area contributed by atoms with Gasteiger partial charge in [0.1, 0.15) is 11.5 Å². The number of nitrogens with zero attached hydrogens (tertiary/aromatic N) is 1. The summed E-state index contributed by atoms with van der Waals surface area (Å²) in [5.74, 6) is -3.14. The summed E-state index contributed by atoms with van der Waals surface area (Å²) in [4.78, 5) is 21.2. The van der Waals surface area contributed by atoms with Crippen LogP contribution in [0.1, 0.15) is 12.8 Å². The van der Waals surface area contributed by atoms with E-state index >= 15 is 0 Å². The molecule has 0 fully saturated rings. The predicted octanol–water partition coefficient (Wildman–Crippen LogP) is 2.30. The van der Waals surface area contributed by atoms with Crippen molar-refractivity contribution < 1.29 is 37.7 Å². The van der Waals surface area contributed by atoms with Crippen LogP contribution in [-0.2, 0) is 9.59 Å². The Kier molecular flexibility index (Phi) is 5.72. The monoisotopic (exact) mass is 320 g/mol. The fourth-order valence-electron chi connectivity index (χ4n) is 1.33. The molecule has 0 radical (unpaired) electrons. The molecule has 0 atom stereocenters. The highest BCUT2D eigenvalue weighted by atomic mass is 19.4. The van der Waals surface area contributed by atoms with E-state index in [1.165, 1.54) is 12.1 Å². The number of carboxylic acid groups (broad SMARTS) is 2. The van der Waals surface area contributed by atoms with Crippen molar-refractivity contribution in [3.8, 4) is 5.75 Å². The van der Waals surface area contributed by atoms with E-state index in [1.807, 2.05) is 0 Å². The van der Waals surface area contributed by atoms with Gasteiger partial charge in [-0.1, -0.05) is 6.07 Å². The molecule has 10 heteroatoms. The number of carbonyl (C=O) groups is 2. The Morgan fingerprint density at radius 1 is 1.23 bits per heavy atom. The number of anilines is 1. The third kappa shape index (κ3) is 6.59. The number of rotatable bonds is 7. The maximum atomic E-state index is 12.1. The average molecular weight is 320 g/mol. The molecule has 0 saturated heterocycles. The van der Waals surface area contributed by atoms with E-state index in [4.69, 9.17) is 10.2 Å². The highest BCUT2D eigenvalue weighted by molar-refractivity contribution is 6.35. The predicted molar refractivity (Wildman–Crippen MR) is 68.7 cm³/mol. The molecule has 0 aliphatic carbocycles. The van der Waals surface area contributed by atoms with Gasteiger partial charge in [-0.25, -0.2) is 4.79 Å². The molecule has 1 rings (SSSR count). The number of aliphatic carboxylic acids is 2. The van der Waals surface area contributed by atoms with Gasteiger partial charge in [0.15, 0.2) is 0 Å². The van der Waals surface area contributed by atoms with Crippen LogP contribution >= 0.6 is 0 Å². The van der Waals surface area contributed by atoms with Crippen molar-refractivity contribution in [1.82, 2.24) is 0 Å². The largest absolute Gasteiger partial charge is 0.573 e. The van der Waals surface area contributed by atoms with Gasteiger partial charge in [-0.05, 0) is 12.1 Å². The van der Waals surface area contributed by atoms with Gasteiger partial charge in [-0.2, -0.15) is 5.10 Å². The number of nitrogens with one attached hydrogen (secondary N) is 1. The minimum atomic E-state index is -4.85. The van der Waals surface area contributed by atoms with Gasteiger partial charge in [0.2, 0.25) is 0 Å². The first-order valence-electron chi connectivity index (χ1n) is 5.81. The molecule has 120 valence electrons. The van der Waals surface area contributed by atoms with Gasteiger partial charge >= 0.3 is 18.3 Å². The molecule has 0 aliphatic heterocycles. The van der Waals surface area contributed by atoms with Gasteiger partial charge in [0, 0.05) is 12.5 Å². The van der Waals surface area contributed by atoms with Crippen molar-refractivity contribution in [2.45, 2.75) is 19.2 Å². The van der Waals surface area contributed by atoms with Crippen molar-refractivity contribution in [2.75, 3.05) is 5.43 Å². The van der Waals surface area contributed by atoms with Crippen LogP contribution in [0.5, 0.6) is 5.75 Å². The Morgan fingerprint density at radius 2 is 1.91 bits per heavy atom. The van der Waals surface area contributed by atoms with Gasteiger partial charge < -0.3 is 14.9 Å². The van der Waals surface area contributed by atoms with Crippen LogP contribution in [-0.4, -0.2) is 34.2 Å². The van der Waals surface area contributed by atoms with Gasteiger partial charge in [0.25, 0.3) is 0 Å². The van der Waals surface area contributed by atoms with Gasteiger partial charge in [-0.15, -0.1) is 13.2 Å². The molecular weight excluding hydrogens is 309 g/mol. The maximum absolute atomic E-state index is 12.1. The summed E-state index contributed by atoms with van der Waals surface area (Å²) >= 11 is 0. The fraction of sp³-hybridized carbons (Fsp3) is 0.250. The number of benzene rings is 1. The molecule has 0 amide bonds. The Bertz CT molecular complexity index is 586. The van der Waals surface area contributed by atoms with Crippen LogP contribution in [0.2, 0.25) is 0 Å². The summed E-state index contributed by atoms with van der Waals surface area (Å²) in [5.41, 5.74) is 1.83. The van der Waals surface area contributed by atoms with Crippen LogP contribution in [0, 0.1) is 0 Å². The first-order valence-corrected chi connectivity index (χ1v) is 5.81. The summed E-state index contributed by atoms with van der Waals surface area (Å²) in [5, 5.41) is 20.8. The minimum absolute atomic E-state index is 0.0517. The first-order chi connectivity index (χ1) is 10.2. The molecule has 0 heterocycles. The molecule has 0 bridgehead atoms. The number of carboxylic acids is 2. The van der Waals surface area contributed by atoms with Crippen LogP contribution in [0.4, 0.5) is 18.9 Å². The zero-order valence-electron chi connectivity index (χ0n) is 10.9. The molecule has 0 spiro atoms. The van der Waals surface area contributed by atoms with Gasteiger partial charge in [0.05, 0.1) is 12.1 Å². The Labute approximate surface area is 122 Å². The van der Waals surface area contributed by atoms with Crippen molar-refractivity contribution in [1.29, 1.82) is 0 Å². The summed E-state index contributed by atoms with van der Waals surface area (Å²) in [6.45, 7) is 0. The molecule has 0 unspecified atom stereocenters. The third-order valence-corrected chi connectivity index (χ3v) is 2.21. The molecule has 0 saturated carbocycles. The normalized spacial score (nSPS) is 11.9. The Balaban J connectivity index is 2.79.